The van der Waals surface area contributed by atoms with Crippen molar-refractivity contribution in [1.29, 1.82) is 0 Å². The zero-order chi connectivity index (χ0) is 13.2. The lowest BCUT2D eigenvalue weighted by Crippen LogP contribution is -2.46. The van der Waals surface area contributed by atoms with Crippen LogP contribution in [0.25, 0.3) is 0 Å². The molecule has 0 heterocycles. The maximum Gasteiger partial charge on any atom is 0.306 e. The van der Waals surface area contributed by atoms with Crippen molar-refractivity contribution < 1.29 is 9.53 Å². The topological polar surface area (TPSA) is 26.3 Å². The molecule has 2 heteroatoms. The summed E-state index contributed by atoms with van der Waals surface area (Å²) in [4.78, 5) is 11.6. The van der Waals surface area contributed by atoms with E-state index < -0.39 is 0 Å². The van der Waals surface area contributed by atoms with E-state index >= 15 is 0 Å². The normalized spacial score (nSPS) is 16.8. The van der Waals surface area contributed by atoms with Gasteiger partial charge in [-0.3, -0.25) is 4.79 Å². The zero-order valence-electron chi connectivity index (χ0n) is 12.2. The molecule has 0 rings (SSSR count). The van der Waals surface area contributed by atoms with Crippen LogP contribution < -0.4 is 0 Å². The third kappa shape index (κ3) is 2.78. The Morgan fingerprint density at radius 3 is 1.75 bits per heavy atom. The van der Waals surface area contributed by atoms with Gasteiger partial charge in [-0.1, -0.05) is 54.9 Å². The van der Waals surface area contributed by atoms with Gasteiger partial charge < -0.3 is 4.74 Å². The lowest BCUT2D eigenvalue weighted by Gasteiger charge is -2.52. The Morgan fingerprint density at radius 1 is 1.06 bits per heavy atom. The minimum absolute atomic E-state index is 0.0676. The molecule has 0 radical (unpaired) electrons. The fourth-order valence-corrected chi connectivity index (χ4v) is 2.27. The number of hydrogen-bond acceptors (Lipinski definition) is 2. The predicted octanol–water partition coefficient (Wildman–Crippen LogP) is 4.04. The molecule has 1 unspecified atom stereocenters. The maximum absolute atomic E-state index is 11.6. The first-order chi connectivity index (χ1) is 7.02. The van der Waals surface area contributed by atoms with Crippen molar-refractivity contribution in [1.82, 2.24) is 0 Å². The Morgan fingerprint density at radius 2 is 1.50 bits per heavy atom. The monoisotopic (exact) mass is 228 g/mol. The van der Waals surface area contributed by atoms with E-state index in [0.717, 1.165) is 6.42 Å². The molecular formula is C14H28O2. The van der Waals surface area contributed by atoms with Gasteiger partial charge >= 0.3 is 5.97 Å². The fraction of sp³-hybridized carbons (Fsp3) is 0.929. The quantitative estimate of drug-likeness (QED) is 0.679. The van der Waals surface area contributed by atoms with Crippen molar-refractivity contribution in [3.63, 3.8) is 0 Å². The van der Waals surface area contributed by atoms with Crippen LogP contribution in [0.15, 0.2) is 0 Å². The largest absolute Gasteiger partial charge is 0.469 e. The average Bonchev–Trinajstić information content (AvgIpc) is 2.15. The second-order valence-corrected chi connectivity index (χ2v) is 6.57. The molecule has 0 saturated carbocycles. The number of carbonyl (C=O) groups excluding carboxylic acids is 1. The van der Waals surface area contributed by atoms with Gasteiger partial charge in [0.2, 0.25) is 0 Å². The van der Waals surface area contributed by atoms with Crippen molar-refractivity contribution in [2.24, 2.45) is 16.2 Å². The van der Waals surface area contributed by atoms with Crippen molar-refractivity contribution in [2.45, 2.75) is 61.3 Å². The summed E-state index contributed by atoms with van der Waals surface area (Å²) in [5.74, 6) is -0.112. The third-order valence-electron chi connectivity index (χ3n) is 4.76. The molecular weight excluding hydrogens is 200 g/mol. The standard InChI is InChI=1S/C14H28O2/c1-9-13(5,6)14(7,12(2,3)4)10-11(15)16-8/h9-10H2,1-8H3. The number of esters is 1. The summed E-state index contributed by atoms with van der Waals surface area (Å²) in [6, 6.07) is 0. The molecule has 0 saturated heterocycles. The van der Waals surface area contributed by atoms with Crippen molar-refractivity contribution in [3.05, 3.63) is 0 Å². The third-order valence-corrected chi connectivity index (χ3v) is 4.76. The first-order valence-electron chi connectivity index (χ1n) is 6.08. The van der Waals surface area contributed by atoms with Crippen LogP contribution in [0.1, 0.15) is 61.3 Å². The van der Waals surface area contributed by atoms with Gasteiger partial charge in [0.05, 0.1) is 13.5 Å². The van der Waals surface area contributed by atoms with E-state index in [4.69, 9.17) is 4.74 Å². The summed E-state index contributed by atoms with van der Waals surface area (Å²) >= 11 is 0. The van der Waals surface area contributed by atoms with Crippen LogP contribution in [0.2, 0.25) is 0 Å². The maximum atomic E-state index is 11.6. The average molecular weight is 228 g/mol. The number of hydrogen-bond donors (Lipinski definition) is 0. The van der Waals surface area contributed by atoms with Crippen LogP contribution in [0, 0.1) is 16.2 Å². The fourth-order valence-electron chi connectivity index (χ4n) is 2.27. The Hall–Kier alpha value is -0.530. The summed E-state index contributed by atoms with van der Waals surface area (Å²) in [6.07, 6.45) is 1.53. The van der Waals surface area contributed by atoms with Gasteiger partial charge in [-0.25, -0.2) is 0 Å². The van der Waals surface area contributed by atoms with Crippen LogP contribution in [0.3, 0.4) is 0 Å². The highest BCUT2D eigenvalue weighted by Crippen LogP contribution is 2.55. The van der Waals surface area contributed by atoms with Crippen LogP contribution in [0.4, 0.5) is 0 Å². The first kappa shape index (κ1) is 15.5. The molecule has 96 valence electrons. The van der Waals surface area contributed by atoms with Gasteiger partial charge in [0.15, 0.2) is 0 Å². The molecule has 0 amide bonds. The smallest absolute Gasteiger partial charge is 0.306 e. The Labute approximate surface area is 101 Å². The molecule has 0 N–H and O–H groups in total. The number of methoxy groups -OCH3 is 1. The Balaban J connectivity index is 5.30. The molecule has 0 aliphatic rings. The molecule has 0 spiro atoms. The lowest BCUT2D eigenvalue weighted by molar-refractivity contribution is -0.150. The van der Waals surface area contributed by atoms with E-state index in [1.807, 2.05) is 0 Å². The van der Waals surface area contributed by atoms with E-state index in [1.165, 1.54) is 7.11 Å². The zero-order valence-corrected chi connectivity index (χ0v) is 12.2. The number of ether oxygens (including phenoxy) is 1. The Bertz CT molecular complexity index is 248. The molecule has 0 bridgehead atoms. The van der Waals surface area contributed by atoms with Crippen LogP contribution in [-0.2, 0) is 9.53 Å². The molecule has 16 heavy (non-hydrogen) atoms. The van der Waals surface area contributed by atoms with E-state index in [2.05, 4.69) is 48.5 Å². The first-order valence-corrected chi connectivity index (χ1v) is 6.08. The molecule has 0 fully saturated rings. The highest BCUT2D eigenvalue weighted by atomic mass is 16.5. The SMILES string of the molecule is CCC(C)(C)C(C)(CC(=O)OC)C(C)(C)C. The van der Waals surface area contributed by atoms with E-state index in [0.29, 0.717) is 6.42 Å². The van der Waals surface area contributed by atoms with Crippen LogP contribution in [-0.4, -0.2) is 13.1 Å². The van der Waals surface area contributed by atoms with Crippen molar-refractivity contribution >= 4 is 5.97 Å². The molecule has 0 aromatic carbocycles. The molecule has 0 aromatic rings. The van der Waals surface area contributed by atoms with E-state index in [-0.39, 0.29) is 22.2 Å². The summed E-state index contributed by atoms with van der Waals surface area (Å²) in [5.41, 5.74) is 0.113. The van der Waals surface area contributed by atoms with Gasteiger partial charge in [-0.2, -0.15) is 0 Å². The molecule has 0 aromatic heterocycles. The number of carbonyl (C=O) groups is 1. The summed E-state index contributed by atoms with van der Waals surface area (Å²) in [6.45, 7) is 15.5. The minimum Gasteiger partial charge on any atom is -0.469 e. The van der Waals surface area contributed by atoms with Gasteiger partial charge in [0, 0.05) is 0 Å². The van der Waals surface area contributed by atoms with Gasteiger partial charge in [-0.15, -0.1) is 0 Å². The van der Waals surface area contributed by atoms with Crippen molar-refractivity contribution in [3.8, 4) is 0 Å². The van der Waals surface area contributed by atoms with Crippen LogP contribution >= 0.6 is 0 Å². The second-order valence-electron chi connectivity index (χ2n) is 6.57. The molecule has 1 atom stereocenters. The minimum atomic E-state index is -0.112. The number of rotatable bonds is 4. The second kappa shape index (κ2) is 4.77. The Kier molecular flexibility index (Phi) is 4.61. The lowest BCUT2D eigenvalue weighted by atomic mass is 9.52. The summed E-state index contributed by atoms with van der Waals surface area (Å²) in [5, 5.41) is 0. The van der Waals surface area contributed by atoms with Gasteiger partial charge in [0.1, 0.15) is 0 Å². The summed E-state index contributed by atoms with van der Waals surface area (Å²) in [7, 11) is 1.46. The van der Waals surface area contributed by atoms with E-state index in [9.17, 15) is 4.79 Å². The highest BCUT2D eigenvalue weighted by molar-refractivity contribution is 5.70. The highest BCUT2D eigenvalue weighted by Gasteiger charge is 2.49. The van der Waals surface area contributed by atoms with Gasteiger partial charge in [-0.05, 0) is 16.2 Å². The van der Waals surface area contributed by atoms with E-state index in [1.54, 1.807) is 0 Å². The van der Waals surface area contributed by atoms with Crippen LogP contribution in [0.5, 0.6) is 0 Å². The summed E-state index contributed by atoms with van der Waals surface area (Å²) < 4.78 is 4.84. The molecule has 2 nitrogen and oxygen atoms in total. The van der Waals surface area contributed by atoms with Gasteiger partial charge in [0.25, 0.3) is 0 Å². The predicted molar refractivity (Wildman–Crippen MR) is 68.3 cm³/mol. The molecule has 0 aliphatic heterocycles. The molecule has 0 aliphatic carbocycles. The van der Waals surface area contributed by atoms with Crippen molar-refractivity contribution in [2.75, 3.05) is 7.11 Å².